The van der Waals surface area contributed by atoms with Crippen LogP contribution in [0.4, 0.5) is 5.69 Å². The maximum absolute atomic E-state index is 12.0. The second kappa shape index (κ2) is 4.97. The number of anilines is 1. The van der Waals surface area contributed by atoms with Gasteiger partial charge in [-0.2, -0.15) is 0 Å². The molecular formula is C12H14BrN3O2. The van der Waals surface area contributed by atoms with E-state index >= 15 is 0 Å². The minimum absolute atomic E-state index is 0.0454. The van der Waals surface area contributed by atoms with Crippen LogP contribution in [-0.4, -0.2) is 36.3 Å². The summed E-state index contributed by atoms with van der Waals surface area (Å²) in [6.07, 6.45) is 0.346. The lowest BCUT2D eigenvalue weighted by Crippen LogP contribution is -2.36. The second-order valence-electron chi connectivity index (χ2n) is 4.38. The molecule has 1 atom stereocenters. The lowest BCUT2D eigenvalue weighted by molar-refractivity contribution is -0.126. The fourth-order valence-corrected chi connectivity index (χ4v) is 2.34. The van der Waals surface area contributed by atoms with Crippen LogP contribution in [0.1, 0.15) is 16.8 Å². The molecule has 0 bridgehead atoms. The monoisotopic (exact) mass is 311 g/mol. The number of nitrogens with two attached hydrogens (primary N) is 1. The predicted molar refractivity (Wildman–Crippen MR) is 72.1 cm³/mol. The van der Waals surface area contributed by atoms with Gasteiger partial charge in [0.05, 0.1) is 11.6 Å². The summed E-state index contributed by atoms with van der Waals surface area (Å²) in [6, 6.07) is 4.96. The van der Waals surface area contributed by atoms with Crippen molar-refractivity contribution < 1.29 is 9.59 Å². The van der Waals surface area contributed by atoms with Gasteiger partial charge in [0, 0.05) is 30.2 Å². The molecule has 0 spiro atoms. The fraction of sp³-hybridized carbons (Fsp3) is 0.333. The molecule has 1 aromatic rings. The van der Waals surface area contributed by atoms with E-state index in [0.29, 0.717) is 24.2 Å². The number of nitrogens with zero attached hydrogens (tertiary/aromatic N) is 1. The third kappa shape index (κ3) is 2.64. The van der Waals surface area contributed by atoms with E-state index < -0.39 is 0 Å². The Bertz CT molecular complexity index is 504. The van der Waals surface area contributed by atoms with Gasteiger partial charge in [-0.1, -0.05) is 15.9 Å². The van der Waals surface area contributed by atoms with E-state index in [4.69, 9.17) is 5.73 Å². The highest BCUT2D eigenvalue weighted by Gasteiger charge is 2.28. The molecule has 1 aromatic carbocycles. The molecule has 3 N–H and O–H groups in total. The van der Waals surface area contributed by atoms with E-state index in [0.717, 1.165) is 4.47 Å². The Balaban J connectivity index is 2.06. The van der Waals surface area contributed by atoms with Crippen molar-refractivity contribution in [3.63, 3.8) is 0 Å². The van der Waals surface area contributed by atoms with Gasteiger partial charge in [-0.05, 0) is 18.2 Å². The quantitative estimate of drug-likeness (QED) is 0.800. The van der Waals surface area contributed by atoms with E-state index in [2.05, 4.69) is 21.2 Å². The molecule has 0 aliphatic carbocycles. The molecule has 0 radical (unpaired) electrons. The molecule has 1 saturated heterocycles. The molecule has 1 aliphatic heterocycles. The minimum atomic E-state index is -0.242. The molecule has 1 heterocycles. The van der Waals surface area contributed by atoms with Gasteiger partial charge in [-0.3, -0.25) is 9.59 Å². The molecule has 96 valence electrons. The van der Waals surface area contributed by atoms with Crippen LogP contribution in [0.5, 0.6) is 0 Å². The van der Waals surface area contributed by atoms with E-state index in [-0.39, 0.29) is 17.9 Å². The zero-order valence-electron chi connectivity index (χ0n) is 9.94. The Morgan fingerprint density at radius 3 is 2.83 bits per heavy atom. The van der Waals surface area contributed by atoms with Crippen molar-refractivity contribution in [3.05, 3.63) is 28.2 Å². The van der Waals surface area contributed by atoms with E-state index in [1.165, 1.54) is 0 Å². The third-order valence-corrected chi connectivity index (χ3v) is 3.43. The van der Waals surface area contributed by atoms with Crippen molar-refractivity contribution in [2.75, 3.05) is 19.3 Å². The standard InChI is InChI=1S/C12H14BrN3O2/c1-16-6-8(5-11(16)17)15-12(18)9-3-2-7(13)4-10(9)14/h2-4,8H,5-6,14H2,1H3,(H,15,18). The van der Waals surface area contributed by atoms with Crippen molar-refractivity contribution in [1.82, 2.24) is 10.2 Å². The molecule has 0 saturated carbocycles. The Kier molecular flexibility index (Phi) is 3.56. The number of rotatable bonds is 2. The molecule has 1 fully saturated rings. The second-order valence-corrected chi connectivity index (χ2v) is 5.30. The van der Waals surface area contributed by atoms with Crippen molar-refractivity contribution >= 4 is 33.4 Å². The van der Waals surface area contributed by atoms with E-state index in [9.17, 15) is 9.59 Å². The van der Waals surface area contributed by atoms with Crippen LogP contribution in [0.25, 0.3) is 0 Å². The number of nitrogen functional groups attached to an aromatic ring is 1. The van der Waals surface area contributed by atoms with Crippen LogP contribution in [-0.2, 0) is 4.79 Å². The van der Waals surface area contributed by atoms with Gasteiger partial charge >= 0.3 is 0 Å². The van der Waals surface area contributed by atoms with Crippen LogP contribution in [0.3, 0.4) is 0 Å². The molecule has 1 unspecified atom stereocenters. The smallest absolute Gasteiger partial charge is 0.253 e. The number of benzene rings is 1. The first-order valence-corrected chi connectivity index (χ1v) is 6.36. The fourth-order valence-electron chi connectivity index (χ4n) is 1.96. The summed E-state index contributed by atoms with van der Waals surface area (Å²) in [7, 11) is 1.72. The lowest BCUT2D eigenvalue weighted by atomic mass is 10.1. The zero-order valence-corrected chi connectivity index (χ0v) is 11.5. The van der Waals surface area contributed by atoms with Crippen LogP contribution in [0, 0.1) is 0 Å². The largest absolute Gasteiger partial charge is 0.398 e. The molecular weight excluding hydrogens is 298 g/mol. The Hall–Kier alpha value is -1.56. The average Bonchev–Trinajstić information content (AvgIpc) is 2.57. The van der Waals surface area contributed by atoms with E-state index in [1.54, 1.807) is 30.1 Å². The van der Waals surface area contributed by atoms with Crippen LogP contribution >= 0.6 is 15.9 Å². The van der Waals surface area contributed by atoms with Gasteiger partial charge in [0.15, 0.2) is 0 Å². The van der Waals surface area contributed by atoms with Gasteiger partial charge in [-0.25, -0.2) is 0 Å². The predicted octanol–water partition coefficient (Wildman–Crippen LogP) is 0.992. The molecule has 2 amide bonds. The van der Waals surface area contributed by atoms with Gasteiger partial charge in [0.1, 0.15) is 0 Å². The van der Waals surface area contributed by atoms with E-state index in [1.807, 2.05) is 0 Å². The Labute approximate surface area is 113 Å². The summed E-state index contributed by atoms with van der Waals surface area (Å²) in [5.74, 6) is -0.197. The summed E-state index contributed by atoms with van der Waals surface area (Å²) in [6.45, 7) is 0.543. The van der Waals surface area contributed by atoms with Gasteiger partial charge in [0.25, 0.3) is 5.91 Å². The van der Waals surface area contributed by atoms with Gasteiger partial charge in [0.2, 0.25) is 5.91 Å². The first-order chi connectivity index (χ1) is 8.47. The highest BCUT2D eigenvalue weighted by molar-refractivity contribution is 9.10. The summed E-state index contributed by atoms with van der Waals surface area (Å²) >= 11 is 3.29. The number of carbonyl (C=O) groups excluding carboxylic acids is 2. The van der Waals surface area contributed by atoms with Crippen molar-refractivity contribution in [3.8, 4) is 0 Å². The Morgan fingerprint density at radius 1 is 1.56 bits per heavy atom. The number of hydrogen-bond donors (Lipinski definition) is 2. The van der Waals surface area contributed by atoms with Crippen molar-refractivity contribution in [2.45, 2.75) is 12.5 Å². The number of nitrogens with one attached hydrogen (secondary N) is 1. The summed E-state index contributed by atoms with van der Waals surface area (Å²) in [5, 5.41) is 2.82. The number of halogens is 1. The van der Waals surface area contributed by atoms with Crippen molar-refractivity contribution in [2.24, 2.45) is 0 Å². The normalized spacial score (nSPS) is 19.1. The highest BCUT2D eigenvalue weighted by Crippen LogP contribution is 2.19. The topological polar surface area (TPSA) is 75.4 Å². The molecule has 6 heteroatoms. The SMILES string of the molecule is CN1CC(NC(=O)c2ccc(Br)cc2N)CC1=O. The van der Waals surface area contributed by atoms with Crippen LogP contribution in [0.2, 0.25) is 0 Å². The summed E-state index contributed by atoms with van der Waals surface area (Å²) in [4.78, 5) is 25.0. The van der Waals surface area contributed by atoms with Crippen LogP contribution in [0.15, 0.2) is 22.7 Å². The number of amides is 2. The summed E-state index contributed by atoms with van der Waals surface area (Å²) < 4.78 is 0.826. The molecule has 0 aromatic heterocycles. The summed E-state index contributed by atoms with van der Waals surface area (Å²) in [5.41, 5.74) is 6.63. The van der Waals surface area contributed by atoms with Gasteiger partial charge in [-0.15, -0.1) is 0 Å². The highest BCUT2D eigenvalue weighted by atomic mass is 79.9. The average molecular weight is 312 g/mol. The minimum Gasteiger partial charge on any atom is -0.398 e. The molecule has 5 nitrogen and oxygen atoms in total. The Morgan fingerprint density at radius 2 is 2.28 bits per heavy atom. The molecule has 1 aliphatic rings. The van der Waals surface area contributed by atoms with Crippen LogP contribution < -0.4 is 11.1 Å². The number of likely N-dealkylation sites (tertiary alicyclic amines) is 1. The molecule has 2 rings (SSSR count). The number of likely N-dealkylation sites (N-methyl/N-ethyl adjacent to an activating group) is 1. The number of carbonyl (C=O) groups is 2. The maximum atomic E-state index is 12.0. The lowest BCUT2D eigenvalue weighted by Gasteiger charge is -2.13. The number of hydrogen-bond acceptors (Lipinski definition) is 3. The zero-order chi connectivity index (χ0) is 13.3. The first kappa shape index (κ1) is 12.9. The molecule has 18 heavy (non-hydrogen) atoms. The maximum Gasteiger partial charge on any atom is 0.253 e. The third-order valence-electron chi connectivity index (χ3n) is 2.93. The van der Waals surface area contributed by atoms with Gasteiger partial charge < -0.3 is 16.0 Å². The first-order valence-electron chi connectivity index (χ1n) is 5.57. The van der Waals surface area contributed by atoms with Crippen molar-refractivity contribution in [1.29, 1.82) is 0 Å².